The van der Waals surface area contributed by atoms with Crippen molar-refractivity contribution in [3.8, 4) is 33.4 Å². The van der Waals surface area contributed by atoms with Gasteiger partial charge in [-0.2, -0.15) is 0 Å². The first-order valence-electron chi connectivity index (χ1n) is 11.9. The third-order valence-electron chi connectivity index (χ3n) is 6.76. The predicted molar refractivity (Wildman–Crippen MR) is 163 cm³/mol. The molecule has 0 bridgehead atoms. The van der Waals surface area contributed by atoms with Gasteiger partial charge in [0, 0.05) is 60.2 Å². The van der Waals surface area contributed by atoms with Gasteiger partial charge in [-0.3, -0.25) is 4.98 Å². The second kappa shape index (κ2) is 9.32. The lowest BCUT2D eigenvalue weighted by atomic mass is 9.98. The van der Waals surface area contributed by atoms with Crippen molar-refractivity contribution >= 4 is 63.1 Å². The number of pyridine rings is 2. The summed E-state index contributed by atoms with van der Waals surface area (Å²) in [6.45, 7) is 0. The number of hydrogen-bond acceptors (Lipinski definition) is 4. The van der Waals surface area contributed by atoms with Crippen LogP contribution in [-0.4, -0.2) is 9.97 Å². The van der Waals surface area contributed by atoms with Crippen LogP contribution in [0.2, 0.25) is 0 Å². The van der Waals surface area contributed by atoms with Gasteiger partial charge in [-0.15, -0.1) is 0 Å². The van der Waals surface area contributed by atoms with Crippen molar-refractivity contribution in [1.29, 1.82) is 0 Å². The molecule has 37 heavy (non-hydrogen) atoms. The van der Waals surface area contributed by atoms with Crippen molar-refractivity contribution in [3.63, 3.8) is 0 Å². The number of hydrogen-bond donors (Lipinski definition) is 0. The fraction of sp³-hybridized carbons (Fsp3) is 0. The monoisotopic (exact) mass is 606 g/mol. The molecule has 4 aromatic carbocycles. The quantitative estimate of drug-likeness (QED) is 0.187. The van der Waals surface area contributed by atoms with Crippen LogP contribution in [0.15, 0.2) is 125 Å². The molecule has 0 atom stereocenters. The first-order valence-corrected chi connectivity index (χ1v) is 15.3. The Balaban J connectivity index is 1.19. The van der Waals surface area contributed by atoms with Gasteiger partial charge in [0.1, 0.15) is 5.58 Å². The minimum atomic E-state index is 0.675. The summed E-state index contributed by atoms with van der Waals surface area (Å²) in [5, 5.41) is 3.26. The molecule has 0 aliphatic rings. The maximum Gasteiger partial charge on any atom is 0.227 e. The van der Waals surface area contributed by atoms with Crippen molar-refractivity contribution in [3.05, 3.63) is 116 Å². The van der Waals surface area contributed by atoms with Crippen molar-refractivity contribution in [2.45, 2.75) is 4.90 Å². The van der Waals surface area contributed by atoms with E-state index < -0.39 is 0 Å². The summed E-state index contributed by atoms with van der Waals surface area (Å²) in [6, 6.07) is 36.3. The number of furan rings is 1. The molecular weight excluding hydrogens is 587 g/mol. The van der Waals surface area contributed by atoms with Crippen LogP contribution in [-0.2, 0) is 0 Å². The molecule has 0 spiro atoms. The lowest BCUT2D eigenvalue weighted by Crippen LogP contribution is -1.86. The number of fused-ring (bicyclic) bond motifs is 4. The number of nitrogens with zero attached hydrogens (tertiary/aromatic N) is 2. The minimum absolute atomic E-state index is 0.675. The molecule has 7 aromatic rings. The molecule has 0 saturated carbocycles. The smallest absolute Gasteiger partial charge is 0.227 e. The van der Waals surface area contributed by atoms with Gasteiger partial charge in [-0.05, 0) is 76.3 Å². The van der Waals surface area contributed by atoms with Gasteiger partial charge in [0.15, 0.2) is 0 Å². The fourth-order valence-electron chi connectivity index (χ4n) is 4.80. The summed E-state index contributed by atoms with van der Waals surface area (Å²) in [4.78, 5) is 10.4. The Bertz CT molecular complexity index is 1910. The third-order valence-corrected chi connectivity index (χ3v) is 8.74. The molecule has 0 fully saturated rings. The molecule has 0 aliphatic heterocycles. The lowest BCUT2D eigenvalue weighted by Gasteiger charge is -2.08. The summed E-state index contributed by atoms with van der Waals surface area (Å²) < 4.78 is 5.88. The van der Waals surface area contributed by atoms with Crippen LogP contribution in [0.1, 0.15) is 0 Å². The molecular formula is C32H19IN2OS. The largest absolute Gasteiger partial charge is 0.438 e. The van der Waals surface area contributed by atoms with Gasteiger partial charge in [0.2, 0.25) is 5.71 Å². The van der Waals surface area contributed by atoms with E-state index in [4.69, 9.17) is 9.40 Å². The number of aromatic nitrogens is 2. The molecule has 3 heterocycles. The molecule has 5 heteroatoms. The van der Waals surface area contributed by atoms with Crippen LogP contribution in [0.4, 0.5) is 0 Å². The SMILES string of the molecule is ISc1ccc(-c2ccc3cc(-c4ccc(-c5ccc6oc7ncccc7c6c5)cc4)cnc3c2)cc1. The number of rotatable bonds is 4. The molecule has 0 aliphatic carbocycles. The van der Waals surface area contributed by atoms with Crippen molar-refractivity contribution in [1.82, 2.24) is 9.97 Å². The minimum Gasteiger partial charge on any atom is -0.438 e. The van der Waals surface area contributed by atoms with E-state index in [0.717, 1.165) is 49.5 Å². The van der Waals surface area contributed by atoms with E-state index in [1.54, 1.807) is 15.1 Å². The maximum absolute atomic E-state index is 5.88. The van der Waals surface area contributed by atoms with Crippen LogP contribution >= 0.6 is 30.1 Å². The first kappa shape index (κ1) is 22.5. The molecule has 3 aromatic heterocycles. The molecule has 3 nitrogen and oxygen atoms in total. The third kappa shape index (κ3) is 4.18. The topological polar surface area (TPSA) is 38.9 Å². The zero-order chi connectivity index (χ0) is 24.8. The molecule has 7 rings (SSSR count). The predicted octanol–water partition coefficient (Wildman–Crippen LogP) is 9.97. The van der Waals surface area contributed by atoms with E-state index in [1.165, 1.54) is 16.0 Å². The van der Waals surface area contributed by atoms with E-state index in [2.05, 4.69) is 117 Å². The highest BCUT2D eigenvalue weighted by atomic mass is 127. The Morgan fingerprint density at radius 3 is 2.05 bits per heavy atom. The molecule has 0 unspecified atom stereocenters. The summed E-state index contributed by atoms with van der Waals surface area (Å²) in [5.74, 6) is 0. The van der Waals surface area contributed by atoms with Gasteiger partial charge >= 0.3 is 0 Å². The maximum atomic E-state index is 5.88. The van der Waals surface area contributed by atoms with Gasteiger partial charge in [0.25, 0.3) is 0 Å². The molecule has 0 N–H and O–H groups in total. The second-order valence-corrected chi connectivity index (χ2v) is 10.9. The van der Waals surface area contributed by atoms with E-state index >= 15 is 0 Å². The zero-order valence-corrected chi connectivity index (χ0v) is 22.5. The molecule has 0 amide bonds. The summed E-state index contributed by atoms with van der Waals surface area (Å²) >= 11 is 2.31. The van der Waals surface area contributed by atoms with Gasteiger partial charge in [0.05, 0.1) is 5.52 Å². The highest BCUT2D eigenvalue weighted by Gasteiger charge is 2.10. The zero-order valence-electron chi connectivity index (χ0n) is 19.6. The first-order chi connectivity index (χ1) is 18.2. The highest BCUT2D eigenvalue weighted by molar-refractivity contribution is 14.2. The van der Waals surface area contributed by atoms with Gasteiger partial charge < -0.3 is 4.42 Å². The fourth-order valence-corrected chi connectivity index (χ4v) is 5.92. The standard InChI is InChI=1S/C32H19IN2OS/c33-37-27-12-9-21(10-13-27)24-7-8-25-16-26(19-35-30(25)18-24)22-5-3-20(4-6-22)23-11-14-31-29(17-23)28-2-1-15-34-32(28)36-31/h1-19H. The molecule has 176 valence electrons. The Morgan fingerprint density at radius 1 is 0.595 bits per heavy atom. The van der Waals surface area contributed by atoms with E-state index in [0.29, 0.717) is 5.71 Å². The normalized spacial score (nSPS) is 11.5. The molecule has 0 saturated heterocycles. The summed E-state index contributed by atoms with van der Waals surface area (Å²) in [6.07, 6.45) is 3.72. The van der Waals surface area contributed by atoms with Gasteiger partial charge in [-0.25, -0.2) is 4.98 Å². The van der Waals surface area contributed by atoms with Crippen molar-refractivity contribution < 1.29 is 4.42 Å². The Hall–Kier alpha value is -3.68. The molecule has 0 radical (unpaired) electrons. The highest BCUT2D eigenvalue weighted by Crippen LogP contribution is 2.33. The summed E-state index contributed by atoms with van der Waals surface area (Å²) in [7, 11) is 1.73. The average Bonchev–Trinajstić information content (AvgIpc) is 3.35. The lowest BCUT2D eigenvalue weighted by molar-refractivity contribution is 0.654. The van der Waals surface area contributed by atoms with E-state index in [1.807, 2.05) is 18.3 Å². The number of benzene rings is 4. The Morgan fingerprint density at radius 2 is 1.27 bits per heavy atom. The Kier molecular flexibility index (Phi) is 5.67. The summed E-state index contributed by atoms with van der Waals surface area (Å²) in [5.41, 5.74) is 9.49. The van der Waals surface area contributed by atoms with Crippen LogP contribution < -0.4 is 0 Å². The van der Waals surface area contributed by atoms with Crippen LogP contribution in [0, 0.1) is 0 Å². The number of halogens is 1. The second-order valence-electron chi connectivity index (χ2n) is 8.98. The van der Waals surface area contributed by atoms with Crippen LogP contribution in [0.3, 0.4) is 0 Å². The average molecular weight is 606 g/mol. The van der Waals surface area contributed by atoms with E-state index in [9.17, 15) is 0 Å². The van der Waals surface area contributed by atoms with E-state index in [-0.39, 0.29) is 0 Å². The van der Waals surface area contributed by atoms with Gasteiger partial charge in [-0.1, -0.05) is 63.5 Å². The van der Waals surface area contributed by atoms with Crippen LogP contribution in [0.25, 0.3) is 66.4 Å². The van der Waals surface area contributed by atoms with Crippen molar-refractivity contribution in [2.75, 3.05) is 0 Å². The Labute approximate surface area is 230 Å². The van der Waals surface area contributed by atoms with Crippen molar-refractivity contribution in [2.24, 2.45) is 0 Å². The van der Waals surface area contributed by atoms with Crippen LogP contribution in [0.5, 0.6) is 0 Å².